The van der Waals surface area contributed by atoms with Crippen LogP contribution in [0.5, 0.6) is 0 Å². The lowest BCUT2D eigenvalue weighted by Gasteiger charge is -2.41. The third-order valence-corrected chi connectivity index (χ3v) is 2.97. The molecule has 0 aliphatic heterocycles. The van der Waals surface area contributed by atoms with Gasteiger partial charge in [-0.1, -0.05) is 6.42 Å². The van der Waals surface area contributed by atoms with Crippen LogP contribution in [0.15, 0.2) is 0 Å². The van der Waals surface area contributed by atoms with E-state index < -0.39 is 5.79 Å². The highest BCUT2D eigenvalue weighted by molar-refractivity contribution is 5.66. The molecule has 2 atom stereocenters. The Balaban J connectivity index is 2.70. The van der Waals surface area contributed by atoms with Gasteiger partial charge in [-0.2, -0.15) is 0 Å². The molecule has 17 heavy (non-hydrogen) atoms. The van der Waals surface area contributed by atoms with Gasteiger partial charge in [0.2, 0.25) is 5.79 Å². The number of hydrogen-bond acceptors (Lipinski definition) is 5. The summed E-state index contributed by atoms with van der Waals surface area (Å²) in [7, 11) is 3.23. The molecule has 0 aromatic carbocycles. The van der Waals surface area contributed by atoms with E-state index in [1.54, 1.807) is 14.2 Å². The molecule has 5 heteroatoms. The molecule has 1 rings (SSSR count). The first-order valence-electron chi connectivity index (χ1n) is 6.00. The Kier molecular flexibility index (Phi) is 5.88. The lowest BCUT2D eigenvalue weighted by Crippen LogP contribution is -2.51. The normalized spacial score (nSPS) is 29.0. The van der Waals surface area contributed by atoms with E-state index in [2.05, 4.69) is 0 Å². The second-order valence-electron chi connectivity index (χ2n) is 4.22. The summed E-state index contributed by atoms with van der Waals surface area (Å²) < 4.78 is 21.5. The first-order chi connectivity index (χ1) is 8.14. The van der Waals surface area contributed by atoms with Crippen LogP contribution >= 0.6 is 0 Å². The van der Waals surface area contributed by atoms with E-state index in [-0.39, 0.29) is 12.1 Å². The maximum absolute atomic E-state index is 11.2. The van der Waals surface area contributed by atoms with Gasteiger partial charge in [-0.15, -0.1) is 0 Å². The lowest BCUT2D eigenvalue weighted by atomic mass is 9.91. The number of methoxy groups -OCH3 is 2. The fourth-order valence-electron chi connectivity index (χ4n) is 2.23. The molecule has 0 N–H and O–H groups in total. The second kappa shape index (κ2) is 6.93. The van der Waals surface area contributed by atoms with Gasteiger partial charge in [0.15, 0.2) is 0 Å². The molecule has 100 valence electrons. The van der Waals surface area contributed by atoms with Crippen molar-refractivity contribution in [1.29, 1.82) is 0 Å². The Bertz CT molecular complexity index is 243. The molecule has 0 radical (unpaired) electrons. The molecule has 1 fully saturated rings. The van der Waals surface area contributed by atoms with Crippen molar-refractivity contribution in [2.24, 2.45) is 0 Å². The first-order valence-corrected chi connectivity index (χ1v) is 6.00. The van der Waals surface area contributed by atoms with E-state index in [4.69, 9.17) is 18.9 Å². The average Bonchev–Trinajstić information content (AvgIpc) is 2.29. The number of carbonyl (C=O) groups is 1. The highest BCUT2D eigenvalue weighted by atomic mass is 16.7. The van der Waals surface area contributed by atoms with Crippen LogP contribution in [0.3, 0.4) is 0 Å². The van der Waals surface area contributed by atoms with Crippen molar-refractivity contribution in [3.8, 4) is 0 Å². The Labute approximate surface area is 102 Å². The molecule has 2 unspecified atom stereocenters. The molecule has 0 spiro atoms. The molecule has 0 amide bonds. The van der Waals surface area contributed by atoms with Crippen molar-refractivity contribution in [3.63, 3.8) is 0 Å². The maximum Gasteiger partial charge on any atom is 0.305 e. The fourth-order valence-corrected chi connectivity index (χ4v) is 2.23. The van der Waals surface area contributed by atoms with Gasteiger partial charge in [0.25, 0.3) is 0 Å². The van der Waals surface area contributed by atoms with Crippen molar-refractivity contribution in [3.05, 3.63) is 0 Å². The summed E-state index contributed by atoms with van der Waals surface area (Å²) in [6.07, 6.45) is 3.36. The summed E-state index contributed by atoms with van der Waals surface area (Å²) in [5.41, 5.74) is 0. The monoisotopic (exact) mass is 246 g/mol. The molecule has 1 aliphatic rings. The standard InChI is InChI=1S/C12H22O5/c1-10(13)17-12(16-9-8-14-2)7-5-4-6-11(12)15-3/h11H,4-9H2,1-3H3. The number of hydrogen-bond donors (Lipinski definition) is 0. The van der Waals surface area contributed by atoms with Gasteiger partial charge in [0, 0.05) is 27.6 Å². The SMILES string of the molecule is COCCOC1(OC(C)=O)CCCCC1OC. The molecule has 1 saturated carbocycles. The number of rotatable bonds is 6. The molecular weight excluding hydrogens is 224 g/mol. The summed E-state index contributed by atoms with van der Waals surface area (Å²) in [5.74, 6) is -1.27. The van der Waals surface area contributed by atoms with Crippen LogP contribution in [0, 0.1) is 0 Å². The predicted molar refractivity (Wildman–Crippen MR) is 61.6 cm³/mol. The molecule has 0 aromatic heterocycles. The summed E-state index contributed by atoms with van der Waals surface area (Å²) >= 11 is 0. The minimum Gasteiger partial charge on any atom is -0.430 e. The van der Waals surface area contributed by atoms with Gasteiger partial charge in [0.05, 0.1) is 13.2 Å². The summed E-state index contributed by atoms with van der Waals surface area (Å²) in [6.45, 7) is 2.26. The number of esters is 1. The van der Waals surface area contributed by atoms with Gasteiger partial charge < -0.3 is 18.9 Å². The Morgan fingerprint density at radius 3 is 2.65 bits per heavy atom. The Morgan fingerprint density at radius 1 is 1.29 bits per heavy atom. The van der Waals surface area contributed by atoms with Crippen LogP contribution in [-0.2, 0) is 23.7 Å². The molecule has 5 nitrogen and oxygen atoms in total. The van der Waals surface area contributed by atoms with Crippen LogP contribution in [0.4, 0.5) is 0 Å². The predicted octanol–water partition coefficient (Wildman–Crippen LogP) is 1.50. The molecule has 0 aromatic rings. The highest BCUT2D eigenvalue weighted by Crippen LogP contribution is 2.35. The minimum absolute atomic E-state index is 0.197. The third-order valence-electron chi connectivity index (χ3n) is 2.97. The van der Waals surface area contributed by atoms with Gasteiger partial charge >= 0.3 is 5.97 Å². The molecular formula is C12H22O5. The van der Waals surface area contributed by atoms with Crippen LogP contribution in [-0.4, -0.2) is 45.3 Å². The Morgan fingerprint density at radius 2 is 2.06 bits per heavy atom. The van der Waals surface area contributed by atoms with E-state index in [0.717, 1.165) is 19.3 Å². The van der Waals surface area contributed by atoms with Gasteiger partial charge in [-0.25, -0.2) is 0 Å². The number of carbonyl (C=O) groups excluding carboxylic acids is 1. The average molecular weight is 246 g/mol. The van der Waals surface area contributed by atoms with Crippen LogP contribution in [0.2, 0.25) is 0 Å². The smallest absolute Gasteiger partial charge is 0.305 e. The lowest BCUT2D eigenvalue weighted by molar-refractivity contribution is -0.288. The summed E-state index contributed by atoms with van der Waals surface area (Å²) in [5, 5.41) is 0. The van der Waals surface area contributed by atoms with E-state index >= 15 is 0 Å². The van der Waals surface area contributed by atoms with Crippen LogP contribution < -0.4 is 0 Å². The van der Waals surface area contributed by atoms with Crippen molar-refractivity contribution in [2.75, 3.05) is 27.4 Å². The zero-order chi connectivity index (χ0) is 12.7. The first kappa shape index (κ1) is 14.4. The van der Waals surface area contributed by atoms with Gasteiger partial charge in [-0.05, 0) is 12.8 Å². The van der Waals surface area contributed by atoms with Crippen molar-refractivity contribution >= 4 is 5.97 Å². The molecule has 0 heterocycles. The van der Waals surface area contributed by atoms with Gasteiger partial charge in [0.1, 0.15) is 6.10 Å². The van der Waals surface area contributed by atoms with Crippen molar-refractivity contribution in [1.82, 2.24) is 0 Å². The van der Waals surface area contributed by atoms with Gasteiger partial charge in [-0.3, -0.25) is 4.79 Å². The maximum atomic E-state index is 11.2. The second-order valence-corrected chi connectivity index (χ2v) is 4.22. The molecule has 0 bridgehead atoms. The zero-order valence-corrected chi connectivity index (χ0v) is 10.9. The van der Waals surface area contributed by atoms with Crippen molar-refractivity contribution < 1.29 is 23.7 Å². The van der Waals surface area contributed by atoms with E-state index in [9.17, 15) is 4.79 Å². The largest absolute Gasteiger partial charge is 0.430 e. The zero-order valence-electron chi connectivity index (χ0n) is 10.9. The third kappa shape index (κ3) is 3.94. The fraction of sp³-hybridized carbons (Fsp3) is 0.917. The number of ether oxygens (including phenoxy) is 4. The van der Waals surface area contributed by atoms with E-state index in [0.29, 0.717) is 19.6 Å². The van der Waals surface area contributed by atoms with E-state index in [1.807, 2.05) is 0 Å². The van der Waals surface area contributed by atoms with Crippen LogP contribution in [0.25, 0.3) is 0 Å². The summed E-state index contributed by atoms with van der Waals surface area (Å²) in [6, 6.07) is 0. The highest BCUT2D eigenvalue weighted by Gasteiger charge is 2.45. The van der Waals surface area contributed by atoms with E-state index in [1.165, 1.54) is 6.92 Å². The van der Waals surface area contributed by atoms with Crippen LogP contribution in [0.1, 0.15) is 32.6 Å². The van der Waals surface area contributed by atoms with Crippen molar-refractivity contribution in [2.45, 2.75) is 44.5 Å². The topological polar surface area (TPSA) is 54.0 Å². The minimum atomic E-state index is -0.933. The molecule has 0 saturated heterocycles. The quantitative estimate of drug-likeness (QED) is 0.404. The Hall–Kier alpha value is -0.650. The molecule has 1 aliphatic carbocycles. The summed E-state index contributed by atoms with van der Waals surface area (Å²) in [4.78, 5) is 11.2.